The van der Waals surface area contributed by atoms with E-state index in [2.05, 4.69) is 30.6 Å². The number of carbonyl (C=O) groups is 2. The molecule has 3 aromatic rings. The molecule has 0 bridgehead atoms. The predicted octanol–water partition coefficient (Wildman–Crippen LogP) is -0.126. The van der Waals surface area contributed by atoms with Crippen molar-refractivity contribution in [2.45, 2.75) is 6.92 Å². The SMILES string of the molecule is CCOC(=O)CNC(=O)c1ccc2nnc(-c3ncccn3)n2n1. The highest BCUT2D eigenvalue weighted by molar-refractivity contribution is 5.94. The van der Waals surface area contributed by atoms with Crippen molar-refractivity contribution >= 4 is 17.5 Å². The van der Waals surface area contributed by atoms with Crippen LogP contribution in [0.15, 0.2) is 30.6 Å². The number of fused-ring (bicyclic) bond motifs is 1. The van der Waals surface area contributed by atoms with Gasteiger partial charge < -0.3 is 10.1 Å². The molecule has 0 atom stereocenters. The molecule has 3 aromatic heterocycles. The molecule has 122 valence electrons. The summed E-state index contributed by atoms with van der Waals surface area (Å²) in [6.07, 6.45) is 3.14. The molecule has 0 unspecified atom stereocenters. The summed E-state index contributed by atoms with van der Waals surface area (Å²) in [5, 5.41) is 14.6. The third kappa shape index (κ3) is 3.16. The van der Waals surface area contributed by atoms with Crippen molar-refractivity contribution in [1.29, 1.82) is 0 Å². The Labute approximate surface area is 135 Å². The molecule has 0 aliphatic carbocycles. The van der Waals surface area contributed by atoms with E-state index in [1.807, 2.05) is 0 Å². The molecule has 3 heterocycles. The molecule has 24 heavy (non-hydrogen) atoms. The number of amides is 1. The van der Waals surface area contributed by atoms with Gasteiger partial charge in [-0.1, -0.05) is 0 Å². The number of carbonyl (C=O) groups excluding carboxylic acids is 2. The lowest BCUT2D eigenvalue weighted by Crippen LogP contribution is -2.31. The van der Waals surface area contributed by atoms with E-state index in [0.29, 0.717) is 17.3 Å². The normalized spacial score (nSPS) is 10.5. The highest BCUT2D eigenvalue weighted by atomic mass is 16.5. The molecule has 0 radical (unpaired) electrons. The first-order valence-corrected chi connectivity index (χ1v) is 7.12. The van der Waals surface area contributed by atoms with E-state index in [9.17, 15) is 9.59 Å². The van der Waals surface area contributed by atoms with Crippen LogP contribution in [0.4, 0.5) is 0 Å². The molecule has 0 saturated carbocycles. The van der Waals surface area contributed by atoms with Crippen LogP contribution in [-0.4, -0.2) is 54.8 Å². The zero-order chi connectivity index (χ0) is 16.9. The van der Waals surface area contributed by atoms with Gasteiger partial charge >= 0.3 is 5.97 Å². The maximum atomic E-state index is 12.1. The summed E-state index contributed by atoms with van der Waals surface area (Å²) >= 11 is 0. The summed E-state index contributed by atoms with van der Waals surface area (Å²) in [5.41, 5.74) is 0.545. The van der Waals surface area contributed by atoms with Crippen LogP contribution in [0.1, 0.15) is 17.4 Å². The maximum absolute atomic E-state index is 12.1. The van der Waals surface area contributed by atoms with E-state index in [1.165, 1.54) is 10.6 Å². The molecule has 10 nitrogen and oxygen atoms in total. The van der Waals surface area contributed by atoms with Crippen molar-refractivity contribution in [3.05, 3.63) is 36.3 Å². The van der Waals surface area contributed by atoms with Crippen LogP contribution in [0.3, 0.4) is 0 Å². The average molecular weight is 327 g/mol. The van der Waals surface area contributed by atoms with E-state index >= 15 is 0 Å². The highest BCUT2D eigenvalue weighted by Crippen LogP contribution is 2.12. The zero-order valence-corrected chi connectivity index (χ0v) is 12.7. The van der Waals surface area contributed by atoms with Gasteiger partial charge in [-0.2, -0.15) is 9.61 Å². The Morgan fingerprint density at radius 2 is 2.00 bits per heavy atom. The molecule has 0 aliphatic heterocycles. The summed E-state index contributed by atoms with van der Waals surface area (Å²) in [7, 11) is 0. The topological polar surface area (TPSA) is 124 Å². The molecule has 10 heteroatoms. The van der Waals surface area contributed by atoms with Gasteiger partial charge in [-0.25, -0.2) is 9.97 Å². The Hall–Kier alpha value is -3.43. The molecule has 0 aliphatic rings. The number of ether oxygens (including phenoxy) is 1. The molecule has 0 spiro atoms. The van der Waals surface area contributed by atoms with Crippen molar-refractivity contribution in [3.8, 4) is 11.6 Å². The van der Waals surface area contributed by atoms with Crippen LogP contribution in [-0.2, 0) is 9.53 Å². The fourth-order valence-corrected chi connectivity index (χ4v) is 1.92. The second-order valence-corrected chi connectivity index (χ2v) is 4.57. The van der Waals surface area contributed by atoms with E-state index in [1.54, 1.807) is 31.5 Å². The van der Waals surface area contributed by atoms with Gasteiger partial charge in [0.1, 0.15) is 12.2 Å². The summed E-state index contributed by atoms with van der Waals surface area (Å²) in [4.78, 5) is 31.6. The predicted molar refractivity (Wildman–Crippen MR) is 80.8 cm³/mol. The molecule has 0 fully saturated rings. The van der Waals surface area contributed by atoms with Crippen molar-refractivity contribution in [2.75, 3.05) is 13.2 Å². The summed E-state index contributed by atoms with van der Waals surface area (Å²) in [6, 6.07) is 4.75. The molecular weight excluding hydrogens is 314 g/mol. The van der Waals surface area contributed by atoms with E-state index < -0.39 is 11.9 Å². The van der Waals surface area contributed by atoms with Gasteiger partial charge in [-0.15, -0.1) is 10.2 Å². The number of esters is 1. The van der Waals surface area contributed by atoms with Crippen molar-refractivity contribution < 1.29 is 14.3 Å². The van der Waals surface area contributed by atoms with Crippen LogP contribution >= 0.6 is 0 Å². The Morgan fingerprint density at radius 1 is 1.21 bits per heavy atom. The average Bonchev–Trinajstić information content (AvgIpc) is 3.04. The standard InChI is InChI=1S/C14H13N7O3/c1-2-24-11(22)8-17-14(23)9-4-5-10-18-19-13(21(10)20-9)12-15-6-3-7-16-12/h3-7H,2,8H2,1H3,(H,17,23). The van der Waals surface area contributed by atoms with Gasteiger partial charge in [0.15, 0.2) is 11.5 Å². The number of aromatic nitrogens is 6. The lowest BCUT2D eigenvalue weighted by Gasteiger charge is -2.05. The van der Waals surface area contributed by atoms with Crippen molar-refractivity contribution in [3.63, 3.8) is 0 Å². The fraction of sp³-hybridized carbons (Fsp3) is 0.214. The first kappa shape index (κ1) is 15.5. The minimum Gasteiger partial charge on any atom is -0.465 e. The number of rotatable bonds is 5. The summed E-state index contributed by atoms with van der Waals surface area (Å²) in [5.74, 6) is -0.389. The molecule has 0 aromatic carbocycles. The Morgan fingerprint density at radius 3 is 2.75 bits per heavy atom. The quantitative estimate of drug-likeness (QED) is 0.643. The van der Waals surface area contributed by atoms with Gasteiger partial charge in [0.2, 0.25) is 5.82 Å². The molecule has 0 saturated heterocycles. The van der Waals surface area contributed by atoms with Crippen LogP contribution in [0.25, 0.3) is 17.3 Å². The Kier molecular flexibility index (Phi) is 4.36. The molecular formula is C14H13N7O3. The zero-order valence-electron chi connectivity index (χ0n) is 12.7. The van der Waals surface area contributed by atoms with Crippen LogP contribution in [0.5, 0.6) is 0 Å². The lowest BCUT2D eigenvalue weighted by atomic mass is 10.3. The van der Waals surface area contributed by atoms with Gasteiger partial charge in [-0.3, -0.25) is 9.59 Å². The second-order valence-electron chi connectivity index (χ2n) is 4.57. The maximum Gasteiger partial charge on any atom is 0.325 e. The van der Waals surface area contributed by atoms with Crippen LogP contribution < -0.4 is 5.32 Å². The summed E-state index contributed by atoms with van der Waals surface area (Å²) < 4.78 is 6.12. The molecule has 1 N–H and O–H groups in total. The third-order valence-corrected chi connectivity index (χ3v) is 2.96. The summed E-state index contributed by atoms with van der Waals surface area (Å²) in [6.45, 7) is 1.71. The van der Waals surface area contributed by atoms with Gasteiger partial charge in [0, 0.05) is 12.4 Å². The first-order valence-electron chi connectivity index (χ1n) is 7.12. The first-order chi connectivity index (χ1) is 11.7. The van der Waals surface area contributed by atoms with Crippen molar-refractivity contribution in [1.82, 2.24) is 35.1 Å². The minimum absolute atomic E-state index is 0.101. The third-order valence-electron chi connectivity index (χ3n) is 2.96. The van der Waals surface area contributed by atoms with E-state index in [0.717, 1.165) is 0 Å². The molecule has 3 rings (SSSR count). The van der Waals surface area contributed by atoms with Crippen molar-refractivity contribution in [2.24, 2.45) is 0 Å². The van der Waals surface area contributed by atoms with Gasteiger partial charge in [0.05, 0.1) is 6.61 Å². The van der Waals surface area contributed by atoms with E-state index in [4.69, 9.17) is 4.74 Å². The number of nitrogens with zero attached hydrogens (tertiary/aromatic N) is 6. The largest absolute Gasteiger partial charge is 0.465 e. The Bertz CT molecular complexity index is 878. The number of hydrogen-bond donors (Lipinski definition) is 1. The smallest absolute Gasteiger partial charge is 0.325 e. The highest BCUT2D eigenvalue weighted by Gasteiger charge is 2.15. The van der Waals surface area contributed by atoms with E-state index in [-0.39, 0.29) is 18.8 Å². The number of hydrogen-bond acceptors (Lipinski definition) is 8. The second kappa shape index (κ2) is 6.77. The number of nitrogens with one attached hydrogen (secondary N) is 1. The molecule has 1 amide bonds. The van der Waals surface area contributed by atoms with Gasteiger partial charge in [-0.05, 0) is 25.1 Å². The Balaban J connectivity index is 1.85. The van der Waals surface area contributed by atoms with Gasteiger partial charge in [0.25, 0.3) is 5.91 Å². The monoisotopic (exact) mass is 327 g/mol. The van der Waals surface area contributed by atoms with Crippen LogP contribution in [0, 0.1) is 0 Å². The minimum atomic E-state index is -0.519. The lowest BCUT2D eigenvalue weighted by molar-refractivity contribution is -0.141. The fourth-order valence-electron chi connectivity index (χ4n) is 1.92. The van der Waals surface area contributed by atoms with Crippen LogP contribution in [0.2, 0.25) is 0 Å².